The van der Waals surface area contributed by atoms with Crippen molar-refractivity contribution in [2.24, 2.45) is 5.41 Å². The lowest BCUT2D eigenvalue weighted by molar-refractivity contribution is -0.334. The van der Waals surface area contributed by atoms with Gasteiger partial charge in [-0.15, -0.1) is 0 Å². The summed E-state index contributed by atoms with van der Waals surface area (Å²) in [5.74, 6) is -1.94. The van der Waals surface area contributed by atoms with Crippen LogP contribution in [0.1, 0.15) is 28.8 Å². The Balaban J connectivity index is 2.02. The summed E-state index contributed by atoms with van der Waals surface area (Å²) < 4.78 is 78.0. The molecule has 144 valence electrons. The second-order valence-corrected chi connectivity index (χ2v) is 6.14. The van der Waals surface area contributed by atoms with Crippen LogP contribution in [0.2, 0.25) is 0 Å². The van der Waals surface area contributed by atoms with Crippen molar-refractivity contribution >= 4 is 11.9 Å². The summed E-state index contributed by atoms with van der Waals surface area (Å²) >= 11 is 0. The van der Waals surface area contributed by atoms with Crippen LogP contribution in [0.5, 0.6) is 0 Å². The van der Waals surface area contributed by atoms with E-state index in [0.717, 1.165) is 0 Å². The van der Waals surface area contributed by atoms with Gasteiger partial charge in [0.15, 0.2) is 5.41 Å². The first-order chi connectivity index (χ1) is 11.9. The summed E-state index contributed by atoms with van der Waals surface area (Å²) in [5.41, 5.74) is -3.31. The molecule has 0 aromatic heterocycles. The van der Waals surface area contributed by atoms with Gasteiger partial charge in [-0.25, -0.2) is 4.79 Å². The Labute approximate surface area is 144 Å². The van der Waals surface area contributed by atoms with Gasteiger partial charge in [0.05, 0.1) is 5.56 Å². The highest BCUT2D eigenvalue weighted by Crippen LogP contribution is 2.55. The highest BCUT2D eigenvalue weighted by molar-refractivity contribution is 5.87. The third-order valence-electron chi connectivity index (χ3n) is 4.54. The number of nitrogens with zero attached hydrogens (tertiary/aromatic N) is 1. The molecule has 1 aromatic rings. The normalized spacial score (nSPS) is 17.4. The van der Waals surface area contributed by atoms with Crippen LogP contribution in [0, 0.1) is 5.41 Å². The van der Waals surface area contributed by atoms with E-state index in [0.29, 0.717) is 10.5 Å². The molecule has 10 heteroatoms. The first-order valence-corrected chi connectivity index (χ1v) is 7.61. The van der Waals surface area contributed by atoms with E-state index in [4.69, 9.17) is 5.11 Å². The number of carboxylic acid groups (broad SMARTS) is 1. The topological polar surface area (TPSA) is 57.6 Å². The molecule has 0 aliphatic carbocycles. The zero-order chi connectivity index (χ0) is 19.8. The number of amides is 1. The molecular weight excluding hydrogens is 368 g/mol. The van der Waals surface area contributed by atoms with Gasteiger partial charge in [-0.3, -0.25) is 4.79 Å². The number of rotatable bonds is 4. The number of aryl methyl sites for hydroxylation is 1. The van der Waals surface area contributed by atoms with Gasteiger partial charge in [-0.1, -0.05) is 12.1 Å². The summed E-state index contributed by atoms with van der Waals surface area (Å²) in [4.78, 5) is 23.4. The first-order valence-electron chi connectivity index (χ1n) is 7.61. The number of benzene rings is 1. The fourth-order valence-electron chi connectivity index (χ4n) is 2.87. The standard InChI is InChI=1S/C16H15F6NO3/c17-15(18,19)14(16(20,21)22)7-8-23(9-14)12(24)6-3-10-1-4-11(5-2-10)13(25)26/h1-2,4-5H,3,6-9H2,(H,25,26). The van der Waals surface area contributed by atoms with Gasteiger partial charge in [-0.2, -0.15) is 26.3 Å². The Kier molecular flexibility index (Phi) is 5.25. The van der Waals surface area contributed by atoms with Gasteiger partial charge < -0.3 is 10.0 Å². The van der Waals surface area contributed by atoms with E-state index in [2.05, 4.69) is 0 Å². The quantitative estimate of drug-likeness (QED) is 0.808. The van der Waals surface area contributed by atoms with Gasteiger partial charge in [0.1, 0.15) is 0 Å². The molecule has 2 rings (SSSR count). The molecule has 0 unspecified atom stereocenters. The zero-order valence-corrected chi connectivity index (χ0v) is 13.3. The Bertz CT molecular complexity index is 667. The number of aromatic carboxylic acids is 1. The maximum atomic E-state index is 13.0. The Hall–Kier alpha value is -2.26. The van der Waals surface area contributed by atoms with Crippen molar-refractivity contribution in [3.05, 3.63) is 35.4 Å². The number of carbonyl (C=O) groups excluding carboxylic acids is 1. The van der Waals surface area contributed by atoms with Crippen LogP contribution in [0.3, 0.4) is 0 Å². The largest absolute Gasteiger partial charge is 0.478 e. The van der Waals surface area contributed by atoms with Crippen LogP contribution in [0.25, 0.3) is 0 Å². The van der Waals surface area contributed by atoms with Crippen molar-refractivity contribution < 1.29 is 41.0 Å². The number of carbonyl (C=O) groups is 2. The van der Waals surface area contributed by atoms with Crippen LogP contribution < -0.4 is 0 Å². The molecule has 4 nitrogen and oxygen atoms in total. The second-order valence-electron chi connectivity index (χ2n) is 6.14. The zero-order valence-electron chi connectivity index (χ0n) is 13.3. The summed E-state index contributed by atoms with van der Waals surface area (Å²) in [6.07, 6.45) is -12.4. The molecule has 0 bridgehead atoms. The summed E-state index contributed by atoms with van der Waals surface area (Å²) in [5, 5.41) is 8.77. The fraction of sp³-hybridized carbons (Fsp3) is 0.500. The van der Waals surface area contributed by atoms with Gasteiger partial charge in [0.2, 0.25) is 5.91 Å². The molecular formula is C16H15F6NO3. The molecule has 0 radical (unpaired) electrons. The van der Waals surface area contributed by atoms with Crippen molar-refractivity contribution in [3.63, 3.8) is 0 Å². The number of hydrogen-bond donors (Lipinski definition) is 1. The Morgan fingerprint density at radius 2 is 1.58 bits per heavy atom. The highest BCUT2D eigenvalue weighted by Gasteiger charge is 2.72. The van der Waals surface area contributed by atoms with Crippen LogP contribution >= 0.6 is 0 Å². The maximum Gasteiger partial charge on any atom is 0.404 e. The van der Waals surface area contributed by atoms with Crippen LogP contribution in [0.15, 0.2) is 24.3 Å². The molecule has 0 spiro atoms. The van der Waals surface area contributed by atoms with Crippen molar-refractivity contribution in [2.45, 2.75) is 31.6 Å². The number of halogens is 6. The maximum absolute atomic E-state index is 13.0. The Morgan fingerprint density at radius 3 is 2.00 bits per heavy atom. The van der Waals surface area contributed by atoms with E-state index >= 15 is 0 Å². The third kappa shape index (κ3) is 3.78. The van der Waals surface area contributed by atoms with E-state index in [-0.39, 0.29) is 18.4 Å². The number of likely N-dealkylation sites (tertiary alicyclic amines) is 1. The predicted octanol–water partition coefficient (Wildman–Crippen LogP) is 3.66. The lowest BCUT2D eigenvalue weighted by Gasteiger charge is -2.33. The molecule has 1 amide bonds. The summed E-state index contributed by atoms with van der Waals surface area (Å²) in [6.45, 7) is -2.05. The molecule has 1 aliphatic heterocycles. The van der Waals surface area contributed by atoms with Crippen molar-refractivity contribution in [1.29, 1.82) is 0 Å². The van der Waals surface area contributed by atoms with E-state index in [1.54, 1.807) is 0 Å². The third-order valence-corrected chi connectivity index (χ3v) is 4.54. The average Bonchev–Trinajstić information content (AvgIpc) is 2.99. The minimum Gasteiger partial charge on any atom is -0.478 e. The minimum absolute atomic E-state index is 0.0276. The smallest absolute Gasteiger partial charge is 0.404 e. The SMILES string of the molecule is O=C(O)c1ccc(CCC(=O)N2CCC(C(F)(F)F)(C(F)(F)F)C2)cc1. The molecule has 0 saturated carbocycles. The number of hydrogen-bond acceptors (Lipinski definition) is 2. The van der Waals surface area contributed by atoms with Crippen molar-refractivity contribution in [3.8, 4) is 0 Å². The molecule has 0 atom stereocenters. The van der Waals surface area contributed by atoms with Crippen LogP contribution in [-0.2, 0) is 11.2 Å². The Morgan fingerprint density at radius 1 is 1.04 bits per heavy atom. The first kappa shape index (κ1) is 20.1. The van der Waals surface area contributed by atoms with E-state index in [9.17, 15) is 35.9 Å². The summed E-state index contributed by atoms with van der Waals surface area (Å²) in [7, 11) is 0. The van der Waals surface area contributed by atoms with Crippen molar-refractivity contribution in [1.82, 2.24) is 4.90 Å². The molecule has 1 N–H and O–H groups in total. The fourth-order valence-corrected chi connectivity index (χ4v) is 2.87. The summed E-state index contributed by atoms with van der Waals surface area (Å²) in [6, 6.07) is 5.49. The lowest BCUT2D eigenvalue weighted by Crippen LogP contribution is -2.52. The lowest BCUT2D eigenvalue weighted by atomic mass is 9.85. The van der Waals surface area contributed by atoms with Gasteiger partial charge in [-0.05, 0) is 30.5 Å². The molecule has 1 saturated heterocycles. The monoisotopic (exact) mass is 383 g/mol. The average molecular weight is 383 g/mol. The highest BCUT2D eigenvalue weighted by atomic mass is 19.4. The molecule has 1 fully saturated rings. The molecule has 26 heavy (non-hydrogen) atoms. The number of carboxylic acids is 1. The molecule has 1 heterocycles. The van der Waals surface area contributed by atoms with E-state index in [1.165, 1.54) is 24.3 Å². The van der Waals surface area contributed by atoms with Crippen LogP contribution in [0.4, 0.5) is 26.3 Å². The van der Waals surface area contributed by atoms with Crippen molar-refractivity contribution in [2.75, 3.05) is 13.1 Å². The van der Waals surface area contributed by atoms with E-state index in [1.807, 2.05) is 0 Å². The van der Waals surface area contributed by atoms with E-state index < -0.39 is 49.2 Å². The van der Waals surface area contributed by atoms with Gasteiger partial charge in [0.25, 0.3) is 0 Å². The molecule has 1 aliphatic rings. The predicted molar refractivity (Wildman–Crippen MR) is 77.5 cm³/mol. The van der Waals surface area contributed by atoms with Gasteiger partial charge >= 0.3 is 18.3 Å². The van der Waals surface area contributed by atoms with Crippen LogP contribution in [-0.4, -0.2) is 47.3 Å². The van der Waals surface area contributed by atoms with Gasteiger partial charge in [0, 0.05) is 19.5 Å². The minimum atomic E-state index is -5.49. The number of alkyl halides is 6. The molecule has 1 aromatic carbocycles. The second kappa shape index (κ2) is 6.81.